The van der Waals surface area contributed by atoms with Gasteiger partial charge in [-0.2, -0.15) is 0 Å². The SMILES string of the molecule is CC1CC=CC=C1C(=O)OC(C)(C)C. The van der Waals surface area contributed by atoms with Crippen LogP contribution in [-0.2, 0) is 9.53 Å². The zero-order chi connectivity index (χ0) is 10.8. The maximum atomic E-state index is 11.7. The summed E-state index contributed by atoms with van der Waals surface area (Å²) in [5.74, 6) is 0.0872. The number of carbonyl (C=O) groups is 1. The van der Waals surface area contributed by atoms with E-state index in [0.29, 0.717) is 0 Å². The van der Waals surface area contributed by atoms with Crippen molar-refractivity contribution in [3.63, 3.8) is 0 Å². The predicted octanol–water partition coefficient (Wildman–Crippen LogP) is 2.85. The van der Waals surface area contributed by atoms with E-state index in [1.807, 2.05) is 39.8 Å². The van der Waals surface area contributed by atoms with E-state index in [-0.39, 0.29) is 11.9 Å². The van der Waals surface area contributed by atoms with Crippen molar-refractivity contribution >= 4 is 5.97 Å². The number of carbonyl (C=O) groups excluding carboxylic acids is 1. The van der Waals surface area contributed by atoms with E-state index in [0.717, 1.165) is 12.0 Å². The third kappa shape index (κ3) is 3.02. The Morgan fingerprint density at radius 1 is 1.50 bits per heavy atom. The fourth-order valence-electron chi connectivity index (χ4n) is 1.35. The number of hydrogen-bond acceptors (Lipinski definition) is 2. The Bertz CT molecular complexity index is 279. The average Bonchev–Trinajstić information content (AvgIpc) is 2.01. The van der Waals surface area contributed by atoms with Crippen LogP contribution < -0.4 is 0 Å². The summed E-state index contributed by atoms with van der Waals surface area (Å²) in [6.45, 7) is 7.69. The Balaban J connectivity index is 2.69. The van der Waals surface area contributed by atoms with Gasteiger partial charge in [-0.15, -0.1) is 0 Å². The summed E-state index contributed by atoms with van der Waals surface area (Å²) < 4.78 is 5.31. The van der Waals surface area contributed by atoms with Crippen molar-refractivity contribution in [2.45, 2.75) is 39.7 Å². The second-order valence-electron chi connectivity index (χ2n) is 4.69. The van der Waals surface area contributed by atoms with Crippen LogP contribution in [0.15, 0.2) is 23.8 Å². The molecule has 14 heavy (non-hydrogen) atoms. The van der Waals surface area contributed by atoms with Crippen molar-refractivity contribution < 1.29 is 9.53 Å². The lowest BCUT2D eigenvalue weighted by Crippen LogP contribution is -2.26. The minimum absolute atomic E-state index is 0.186. The van der Waals surface area contributed by atoms with Crippen LogP contribution >= 0.6 is 0 Å². The largest absolute Gasteiger partial charge is 0.457 e. The van der Waals surface area contributed by atoms with Gasteiger partial charge in [0.05, 0.1) is 0 Å². The zero-order valence-corrected chi connectivity index (χ0v) is 9.33. The van der Waals surface area contributed by atoms with E-state index in [9.17, 15) is 4.79 Å². The molecule has 0 aromatic rings. The first kappa shape index (κ1) is 11.0. The molecule has 0 bridgehead atoms. The van der Waals surface area contributed by atoms with Crippen molar-refractivity contribution in [3.05, 3.63) is 23.8 Å². The van der Waals surface area contributed by atoms with Gasteiger partial charge in [-0.25, -0.2) is 4.79 Å². The van der Waals surface area contributed by atoms with Gasteiger partial charge in [-0.05, 0) is 33.1 Å². The predicted molar refractivity (Wildman–Crippen MR) is 56.8 cm³/mol. The minimum atomic E-state index is -0.404. The zero-order valence-electron chi connectivity index (χ0n) is 9.33. The van der Waals surface area contributed by atoms with Crippen molar-refractivity contribution in [1.29, 1.82) is 0 Å². The number of ether oxygens (including phenoxy) is 1. The number of rotatable bonds is 1. The van der Waals surface area contributed by atoms with E-state index in [2.05, 4.69) is 6.08 Å². The lowest BCUT2D eigenvalue weighted by atomic mass is 9.93. The first-order valence-corrected chi connectivity index (χ1v) is 5.00. The van der Waals surface area contributed by atoms with E-state index < -0.39 is 5.60 Å². The monoisotopic (exact) mass is 194 g/mol. The van der Waals surface area contributed by atoms with Gasteiger partial charge in [0.2, 0.25) is 0 Å². The van der Waals surface area contributed by atoms with Crippen LogP contribution in [0.1, 0.15) is 34.1 Å². The summed E-state index contributed by atoms with van der Waals surface area (Å²) in [6.07, 6.45) is 6.76. The smallest absolute Gasteiger partial charge is 0.334 e. The van der Waals surface area contributed by atoms with E-state index in [4.69, 9.17) is 4.74 Å². The molecule has 0 amide bonds. The molecule has 0 N–H and O–H groups in total. The molecule has 0 fully saturated rings. The highest BCUT2D eigenvalue weighted by Crippen LogP contribution is 2.22. The van der Waals surface area contributed by atoms with Gasteiger partial charge in [0.1, 0.15) is 5.60 Å². The molecule has 0 radical (unpaired) electrons. The molecule has 1 rings (SSSR count). The van der Waals surface area contributed by atoms with E-state index in [1.165, 1.54) is 0 Å². The molecule has 1 unspecified atom stereocenters. The van der Waals surface area contributed by atoms with Gasteiger partial charge in [0.25, 0.3) is 0 Å². The normalized spacial score (nSPS) is 21.7. The topological polar surface area (TPSA) is 26.3 Å². The van der Waals surface area contributed by atoms with Crippen LogP contribution in [0.3, 0.4) is 0 Å². The summed E-state index contributed by atoms with van der Waals surface area (Å²) in [4.78, 5) is 11.7. The number of esters is 1. The summed E-state index contributed by atoms with van der Waals surface area (Å²) in [5.41, 5.74) is 0.376. The Kier molecular flexibility index (Phi) is 3.14. The summed E-state index contributed by atoms with van der Waals surface area (Å²) in [6, 6.07) is 0. The second kappa shape index (κ2) is 3.99. The molecule has 0 spiro atoms. The number of hydrogen-bond donors (Lipinski definition) is 0. The van der Waals surface area contributed by atoms with Gasteiger partial charge in [0.15, 0.2) is 0 Å². The second-order valence-corrected chi connectivity index (χ2v) is 4.69. The van der Waals surface area contributed by atoms with Crippen molar-refractivity contribution in [2.75, 3.05) is 0 Å². The molecule has 1 aliphatic carbocycles. The fourth-order valence-corrected chi connectivity index (χ4v) is 1.35. The van der Waals surface area contributed by atoms with Crippen molar-refractivity contribution in [3.8, 4) is 0 Å². The molecule has 0 aliphatic heterocycles. The molecule has 1 aliphatic rings. The van der Waals surface area contributed by atoms with E-state index >= 15 is 0 Å². The van der Waals surface area contributed by atoms with Gasteiger partial charge in [-0.1, -0.05) is 25.2 Å². The standard InChI is InChI=1S/C12H18O2/c1-9-7-5-6-8-10(9)11(13)14-12(2,3)4/h5-6,8-9H,7H2,1-4H3. The highest BCUT2D eigenvalue weighted by Gasteiger charge is 2.23. The molecule has 0 saturated heterocycles. The quantitative estimate of drug-likeness (QED) is 0.600. The third-order valence-corrected chi connectivity index (χ3v) is 2.07. The third-order valence-electron chi connectivity index (χ3n) is 2.07. The highest BCUT2D eigenvalue weighted by molar-refractivity contribution is 5.89. The Hall–Kier alpha value is -1.05. The van der Waals surface area contributed by atoms with Gasteiger partial charge < -0.3 is 4.74 Å². The van der Waals surface area contributed by atoms with Crippen molar-refractivity contribution in [1.82, 2.24) is 0 Å². The molecule has 0 saturated carbocycles. The Morgan fingerprint density at radius 2 is 2.14 bits per heavy atom. The average molecular weight is 194 g/mol. The fraction of sp³-hybridized carbons (Fsp3) is 0.583. The molecule has 2 nitrogen and oxygen atoms in total. The van der Waals surface area contributed by atoms with Crippen LogP contribution in [0.25, 0.3) is 0 Å². The van der Waals surface area contributed by atoms with E-state index in [1.54, 1.807) is 0 Å². The lowest BCUT2D eigenvalue weighted by molar-refractivity contribution is -0.150. The lowest BCUT2D eigenvalue weighted by Gasteiger charge is -2.23. The molecule has 78 valence electrons. The van der Waals surface area contributed by atoms with Gasteiger partial charge in [0, 0.05) is 5.57 Å². The Labute approximate surface area is 85.6 Å². The van der Waals surface area contributed by atoms with Crippen molar-refractivity contribution in [2.24, 2.45) is 5.92 Å². The van der Waals surface area contributed by atoms with Crippen LogP contribution in [0.4, 0.5) is 0 Å². The van der Waals surface area contributed by atoms with Crippen LogP contribution in [0.2, 0.25) is 0 Å². The van der Waals surface area contributed by atoms with Gasteiger partial charge >= 0.3 is 5.97 Å². The molecule has 1 atom stereocenters. The maximum Gasteiger partial charge on any atom is 0.334 e. The molecule has 0 heterocycles. The Morgan fingerprint density at radius 3 is 2.64 bits per heavy atom. The first-order chi connectivity index (χ1) is 6.40. The minimum Gasteiger partial charge on any atom is -0.457 e. The summed E-state index contributed by atoms with van der Waals surface area (Å²) in [5, 5.41) is 0. The van der Waals surface area contributed by atoms with Gasteiger partial charge in [-0.3, -0.25) is 0 Å². The first-order valence-electron chi connectivity index (χ1n) is 5.00. The molecular weight excluding hydrogens is 176 g/mol. The molecular formula is C12H18O2. The van der Waals surface area contributed by atoms with Crippen LogP contribution in [0, 0.1) is 5.92 Å². The summed E-state index contributed by atoms with van der Waals surface area (Å²) >= 11 is 0. The van der Waals surface area contributed by atoms with Crippen LogP contribution in [0.5, 0.6) is 0 Å². The van der Waals surface area contributed by atoms with Crippen LogP contribution in [-0.4, -0.2) is 11.6 Å². The molecule has 2 heteroatoms. The maximum absolute atomic E-state index is 11.7. The molecule has 0 aromatic heterocycles. The molecule has 0 aromatic carbocycles. The summed E-state index contributed by atoms with van der Waals surface area (Å²) in [7, 11) is 0. The highest BCUT2D eigenvalue weighted by atomic mass is 16.6. The number of allylic oxidation sites excluding steroid dienone is 3.